The van der Waals surface area contributed by atoms with Crippen molar-refractivity contribution in [2.75, 3.05) is 4.72 Å². The molecule has 0 amide bonds. The largest absolute Gasteiger partial charge is 0.334 e. The lowest BCUT2D eigenvalue weighted by molar-refractivity contribution is 0.432. The molecule has 27 heavy (non-hydrogen) atoms. The average molecular weight is 463 g/mol. The van der Waals surface area contributed by atoms with E-state index in [1.807, 2.05) is 6.07 Å². The predicted molar refractivity (Wildman–Crippen MR) is 106 cm³/mol. The van der Waals surface area contributed by atoms with Crippen LogP contribution < -0.4 is 4.72 Å². The maximum atomic E-state index is 12.3. The summed E-state index contributed by atoms with van der Waals surface area (Å²) < 4.78 is 33.4. The van der Waals surface area contributed by atoms with Gasteiger partial charge in [0.25, 0.3) is 15.9 Å². The molecule has 0 bridgehead atoms. The highest BCUT2D eigenvalue weighted by Crippen LogP contribution is 2.25. The molecule has 10 heteroatoms. The summed E-state index contributed by atoms with van der Waals surface area (Å²) in [5.74, 6) is 0.749. The molecule has 0 atom stereocenters. The first kappa shape index (κ1) is 17.8. The number of pyridine rings is 1. The van der Waals surface area contributed by atoms with E-state index in [0.29, 0.717) is 28.5 Å². The Labute approximate surface area is 167 Å². The molecule has 0 saturated heterocycles. The van der Waals surface area contributed by atoms with E-state index in [1.54, 1.807) is 54.2 Å². The van der Waals surface area contributed by atoms with Gasteiger partial charge in [-0.3, -0.25) is 9.71 Å². The van der Waals surface area contributed by atoms with Crippen LogP contribution in [0.15, 0.2) is 73.4 Å². The van der Waals surface area contributed by atoms with E-state index in [0.717, 1.165) is 15.8 Å². The Bertz CT molecular complexity index is 1170. The molecule has 0 saturated carbocycles. The number of sulfonamides is 1. The number of hydrogen-bond acceptors (Lipinski definition) is 7. The highest BCUT2D eigenvalue weighted by Gasteiger charge is 2.16. The monoisotopic (exact) mass is 462 g/mol. The van der Waals surface area contributed by atoms with Gasteiger partial charge in [-0.15, -0.1) is 11.3 Å². The maximum absolute atomic E-state index is 12.3. The van der Waals surface area contributed by atoms with Gasteiger partial charge < -0.3 is 4.52 Å². The number of anilines is 1. The van der Waals surface area contributed by atoms with Crippen molar-refractivity contribution in [3.05, 3.63) is 64.7 Å². The van der Waals surface area contributed by atoms with E-state index in [4.69, 9.17) is 4.52 Å². The second kappa shape index (κ2) is 7.22. The number of rotatable bonds is 5. The normalized spacial score (nSPS) is 11.4. The third-order valence-electron chi connectivity index (χ3n) is 3.53. The number of benzene rings is 1. The summed E-state index contributed by atoms with van der Waals surface area (Å²) in [7, 11) is -3.58. The third kappa shape index (κ3) is 3.92. The molecule has 0 aliphatic rings. The van der Waals surface area contributed by atoms with E-state index < -0.39 is 10.0 Å². The van der Waals surface area contributed by atoms with Crippen molar-refractivity contribution < 1.29 is 12.9 Å². The van der Waals surface area contributed by atoms with Gasteiger partial charge in [0, 0.05) is 28.1 Å². The van der Waals surface area contributed by atoms with Crippen LogP contribution in [0.5, 0.6) is 0 Å². The molecule has 1 N–H and O–H groups in total. The number of halogens is 1. The number of aromatic nitrogens is 3. The molecule has 3 aromatic heterocycles. The lowest BCUT2D eigenvalue weighted by Crippen LogP contribution is -2.11. The van der Waals surface area contributed by atoms with Crippen molar-refractivity contribution in [2.24, 2.45) is 0 Å². The van der Waals surface area contributed by atoms with Crippen LogP contribution in [0.1, 0.15) is 0 Å². The van der Waals surface area contributed by atoms with Gasteiger partial charge in [0.1, 0.15) is 4.21 Å². The Kier molecular flexibility index (Phi) is 4.77. The fourth-order valence-corrected chi connectivity index (χ4v) is 4.71. The van der Waals surface area contributed by atoms with Crippen LogP contribution in [-0.2, 0) is 10.0 Å². The molecule has 4 rings (SSSR count). The summed E-state index contributed by atoms with van der Waals surface area (Å²) in [5.41, 5.74) is 1.85. The minimum Gasteiger partial charge on any atom is -0.334 e. The van der Waals surface area contributed by atoms with Crippen LogP contribution >= 0.6 is 27.3 Å². The van der Waals surface area contributed by atoms with Gasteiger partial charge in [0.2, 0.25) is 5.82 Å². The fourth-order valence-electron chi connectivity index (χ4n) is 2.30. The van der Waals surface area contributed by atoms with Crippen LogP contribution in [-0.4, -0.2) is 23.5 Å². The van der Waals surface area contributed by atoms with Gasteiger partial charge in [-0.25, -0.2) is 8.42 Å². The van der Waals surface area contributed by atoms with Crippen molar-refractivity contribution >= 4 is 43.0 Å². The molecular formula is C17H11BrN4O3S2. The fraction of sp³-hybridized carbons (Fsp3) is 0. The second-order valence-corrected chi connectivity index (χ2v) is 9.20. The molecule has 0 fully saturated rings. The molecule has 0 spiro atoms. The summed E-state index contributed by atoms with van der Waals surface area (Å²) in [6, 6.07) is 11.8. The third-order valence-corrected chi connectivity index (χ3v) is 6.75. The molecule has 0 unspecified atom stereocenters. The number of thiophene rings is 1. The molecule has 0 aliphatic carbocycles. The van der Waals surface area contributed by atoms with E-state index in [1.165, 1.54) is 0 Å². The highest BCUT2D eigenvalue weighted by molar-refractivity contribution is 9.10. The van der Waals surface area contributed by atoms with Crippen molar-refractivity contribution in [3.8, 4) is 22.8 Å². The Hall–Kier alpha value is -2.56. The Morgan fingerprint density at radius 1 is 1.07 bits per heavy atom. The number of hydrogen-bond donors (Lipinski definition) is 1. The van der Waals surface area contributed by atoms with Gasteiger partial charge in [-0.1, -0.05) is 11.2 Å². The SMILES string of the molecule is O=S(=O)(Nc1ccc(-c2noc(-c3cncc(Br)c3)n2)cc1)c1cccs1. The number of nitrogens with one attached hydrogen (secondary N) is 1. The molecule has 3 heterocycles. The summed E-state index contributed by atoms with van der Waals surface area (Å²) in [5, 5.41) is 5.69. The van der Waals surface area contributed by atoms with Crippen molar-refractivity contribution in [1.82, 2.24) is 15.1 Å². The van der Waals surface area contributed by atoms with Crippen LogP contribution in [0.2, 0.25) is 0 Å². The summed E-state index contributed by atoms with van der Waals surface area (Å²) in [6.45, 7) is 0. The van der Waals surface area contributed by atoms with Crippen molar-refractivity contribution in [3.63, 3.8) is 0 Å². The lowest BCUT2D eigenvalue weighted by Gasteiger charge is -2.06. The van der Waals surface area contributed by atoms with Crippen LogP contribution in [0.3, 0.4) is 0 Å². The zero-order valence-corrected chi connectivity index (χ0v) is 16.8. The topological polar surface area (TPSA) is 98.0 Å². The van der Waals surface area contributed by atoms with Crippen LogP contribution in [0.25, 0.3) is 22.8 Å². The molecule has 0 radical (unpaired) electrons. The Morgan fingerprint density at radius 2 is 1.89 bits per heavy atom. The predicted octanol–water partition coefficient (Wildman–Crippen LogP) is 4.42. The lowest BCUT2D eigenvalue weighted by atomic mass is 10.2. The van der Waals surface area contributed by atoms with Crippen molar-refractivity contribution in [2.45, 2.75) is 4.21 Å². The van der Waals surface area contributed by atoms with Crippen LogP contribution in [0, 0.1) is 0 Å². The molecule has 1 aromatic carbocycles. The molecule has 4 aromatic rings. The van der Waals surface area contributed by atoms with Gasteiger partial charge in [0.05, 0.1) is 5.56 Å². The average Bonchev–Trinajstić information content (AvgIpc) is 3.35. The second-order valence-electron chi connectivity index (χ2n) is 5.43. The maximum Gasteiger partial charge on any atom is 0.271 e. The first-order valence-corrected chi connectivity index (χ1v) is 10.8. The van der Waals surface area contributed by atoms with E-state index in [9.17, 15) is 8.42 Å². The zero-order chi connectivity index (χ0) is 18.9. The molecule has 136 valence electrons. The Balaban J connectivity index is 1.55. The Morgan fingerprint density at radius 3 is 2.59 bits per heavy atom. The summed E-state index contributed by atoms with van der Waals surface area (Å²) in [6.07, 6.45) is 3.29. The quantitative estimate of drug-likeness (QED) is 0.471. The molecular weight excluding hydrogens is 452 g/mol. The smallest absolute Gasteiger partial charge is 0.271 e. The minimum absolute atomic E-state index is 0.261. The van der Waals surface area contributed by atoms with E-state index >= 15 is 0 Å². The standard InChI is InChI=1S/C17H11BrN4O3S2/c18-13-8-12(9-19-10-13)17-20-16(21-25-17)11-3-5-14(6-4-11)22-27(23,24)15-2-1-7-26-15/h1-10,22H. The van der Waals surface area contributed by atoms with Gasteiger partial charge in [-0.05, 0) is 57.7 Å². The summed E-state index contributed by atoms with van der Waals surface area (Å²) >= 11 is 4.51. The number of nitrogens with zero attached hydrogens (tertiary/aromatic N) is 3. The van der Waals surface area contributed by atoms with Crippen molar-refractivity contribution in [1.29, 1.82) is 0 Å². The van der Waals surface area contributed by atoms with E-state index in [2.05, 4.69) is 35.8 Å². The summed E-state index contributed by atoms with van der Waals surface area (Å²) in [4.78, 5) is 8.43. The van der Waals surface area contributed by atoms with E-state index in [-0.39, 0.29) is 4.21 Å². The first-order chi connectivity index (χ1) is 13.0. The first-order valence-electron chi connectivity index (χ1n) is 7.63. The van der Waals surface area contributed by atoms with Crippen LogP contribution in [0.4, 0.5) is 5.69 Å². The van der Waals surface area contributed by atoms with Gasteiger partial charge >= 0.3 is 0 Å². The minimum atomic E-state index is -3.58. The molecule has 7 nitrogen and oxygen atoms in total. The zero-order valence-electron chi connectivity index (χ0n) is 13.5. The van der Waals surface area contributed by atoms with Gasteiger partial charge in [-0.2, -0.15) is 4.98 Å². The molecule has 0 aliphatic heterocycles. The van der Waals surface area contributed by atoms with Gasteiger partial charge in [0.15, 0.2) is 0 Å². The highest BCUT2D eigenvalue weighted by atomic mass is 79.9.